The third-order valence-electron chi connectivity index (χ3n) is 3.59. The maximum atomic E-state index is 11.4. The van der Waals surface area contributed by atoms with Gasteiger partial charge in [0.05, 0.1) is 20.8 Å². The number of benzene rings is 1. The number of sulfonamides is 1. The van der Waals surface area contributed by atoms with Crippen LogP contribution in [0.2, 0.25) is 0 Å². The van der Waals surface area contributed by atoms with Crippen molar-refractivity contribution in [3.63, 3.8) is 0 Å². The largest absolute Gasteiger partial charge is 0.497 e. The summed E-state index contributed by atoms with van der Waals surface area (Å²) in [7, 11) is 3.05. The number of ether oxygens (including phenoxy) is 2. The van der Waals surface area contributed by atoms with Crippen LogP contribution in [0.15, 0.2) is 29.4 Å². The SMILES string of the molecule is COc1ccc(CN(C)Cc2nc(S(N)(=O)=O)cn2C)c(OC)c1. The Bertz CT molecular complexity index is 817. The minimum absolute atomic E-state index is 0.129. The number of primary sulfonamides is 1. The van der Waals surface area contributed by atoms with Gasteiger partial charge in [0.1, 0.15) is 17.3 Å². The fraction of sp³-hybridized carbons (Fsp3) is 0.400. The molecule has 1 heterocycles. The van der Waals surface area contributed by atoms with E-state index in [0.29, 0.717) is 18.9 Å². The Morgan fingerprint density at radius 1 is 1.25 bits per heavy atom. The topological polar surface area (TPSA) is 99.7 Å². The van der Waals surface area contributed by atoms with Crippen molar-refractivity contribution in [1.29, 1.82) is 0 Å². The first-order valence-electron chi connectivity index (χ1n) is 7.19. The summed E-state index contributed by atoms with van der Waals surface area (Å²) < 4.78 is 35.0. The molecule has 8 nitrogen and oxygen atoms in total. The van der Waals surface area contributed by atoms with Gasteiger partial charge < -0.3 is 14.0 Å². The standard InChI is InChI=1S/C15H22N4O4S/c1-18(8-11-5-6-12(22-3)7-13(11)23-4)9-14-17-15(10-19(14)2)24(16,20)21/h5-7,10H,8-9H2,1-4H3,(H2,16,20,21). The number of aromatic nitrogens is 2. The van der Waals surface area contributed by atoms with Crippen molar-refractivity contribution in [3.8, 4) is 11.5 Å². The van der Waals surface area contributed by atoms with Crippen molar-refractivity contribution in [3.05, 3.63) is 35.8 Å². The van der Waals surface area contributed by atoms with Crippen molar-refractivity contribution in [2.24, 2.45) is 12.2 Å². The maximum Gasteiger partial charge on any atom is 0.257 e. The van der Waals surface area contributed by atoms with Gasteiger partial charge in [0, 0.05) is 31.4 Å². The number of rotatable bonds is 7. The number of nitrogens with two attached hydrogens (primary N) is 1. The zero-order valence-electron chi connectivity index (χ0n) is 14.2. The van der Waals surface area contributed by atoms with Gasteiger partial charge in [0.15, 0.2) is 5.03 Å². The summed E-state index contributed by atoms with van der Waals surface area (Å²) in [6, 6.07) is 5.62. The van der Waals surface area contributed by atoms with Crippen LogP contribution in [-0.4, -0.2) is 44.1 Å². The van der Waals surface area contributed by atoms with Crippen LogP contribution in [0.1, 0.15) is 11.4 Å². The number of imidazole rings is 1. The lowest BCUT2D eigenvalue weighted by atomic mass is 10.2. The van der Waals surface area contributed by atoms with Gasteiger partial charge in [0.25, 0.3) is 10.0 Å². The fourth-order valence-corrected chi connectivity index (χ4v) is 2.87. The third-order valence-corrected chi connectivity index (χ3v) is 4.37. The fourth-order valence-electron chi connectivity index (χ4n) is 2.33. The highest BCUT2D eigenvalue weighted by Crippen LogP contribution is 2.25. The molecule has 1 aromatic heterocycles. The highest BCUT2D eigenvalue weighted by atomic mass is 32.2. The van der Waals surface area contributed by atoms with Crippen molar-refractivity contribution in [1.82, 2.24) is 14.5 Å². The van der Waals surface area contributed by atoms with E-state index in [9.17, 15) is 8.42 Å². The van der Waals surface area contributed by atoms with Gasteiger partial charge in [-0.15, -0.1) is 0 Å². The zero-order chi connectivity index (χ0) is 17.9. The van der Waals surface area contributed by atoms with E-state index in [1.54, 1.807) is 25.8 Å². The van der Waals surface area contributed by atoms with E-state index in [1.807, 2.05) is 30.1 Å². The molecule has 2 aromatic rings. The van der Waals surface area contributed by atoms with Gasteiger partial charge in [-0.25, -0.2) is 18.5 Å². The van der Waals surface area contributed by atoms with Gasteiger partial charge in [-0.3, -0.25) is 4.90 Å². The summed E-state index contributed by atoms with van der Waals surface area (Å²) in [6.07, 6.45) is 1.41. The Balaban J connectivity index is 2.14. The molecule has 0 aliphatic rings. The Morgan fingerprint density at radius 3 is 2.50 bits per heavy atom. The first kappa shape index (κ1) is 18.2. The molecule has 0 radical (unpaired) electrons. The third kappa shape index (κ3) is 4.25. The molecule has 0 amide bonds. The van der Waals surface area contributed by atoms with Crippen molar-refractivity contribution in [2.45, 2.75) is 18.1 Å². The molecule has 0 fully saturated rings. The molecule has 0 bridgehead atoms. The lowest BCUT2D eigenvalue weighted by Gasteiger charge is -2.18. The maximum absolute atomic E-state index is 11.4. The molecule has 0 atom stereocenters. The summed E-state index contributed by atoms with van der Waals surface area (Å²) in [5.74, 6) is 2.06. The zero-order valence-corrected chi connectivity index (χ0v) is 15.0. The minimum atomic E-state index is -3.80. The van der Waals surface area contributed by atoms with Gasteiger partial charge >= 0.3 is 0 Å². The van der Waals surface area contributed by atoms with E-state index >= 15 is 0 Å². The van der Waals surface area contributed by atoms with Crippen LogP contribution in [0.4, 0.5) is 0 Å². The first-order valence-corrected chi connectivity index (χ1v) is 8.73. The molecule has 24 heavy (non-hydrogen) atoms. The number of nitrogens with zero attached hydrogens (tertiary/aromatic N) is 3. The number of hydrogen-bond acceptors (Lipinski definition) is 6. The molecule has 0 saturated heterocycles. The average molecular weight is 354 g/mol. The molecule has 0 aliphatic carbocycles. The van der Waals surface area contributed by atoms with Crippen LogP contribution >= 0.6 is 0 Å². The second kappa shape index (κ2) is 7.20. The molecular weight excluding hydrogens is 332 g/mol. The lowest BCUT2D eigenvalue weighted by molar-refractivity contribution is 0.298. The molecule has 0 saturated carbocycles. The van der Waals surface area contributed by atoms with Crippen LogP contribution in [0.3, 0.4) is 0 Å². The quantitative estimate of drug-likeness (QED) is 0.786. The van der Waals surface area contributed by atoms with E-state index in [2.05, 4.69) is 4.98 Å². The van der Waals surface area contributed by atoms with Crippen LogP contribution in [0.25, 0.3) is 0 Å². The van der Waals surface area contributed by atoms with Crippen LogP contribution in [-0.2, 0) is 30.2 Å². The smallest absolute Gasteiger partial charge is 0.257 e. The average Bonchev–Trinajstić information content (AvgIpc) is 2.88. The van der Waals surface area contributed by atoms with Crippen LogP contribution in [0.5, 0.6) is 11.5 Å². The number of methoxy groups -OCH3 is 2. The predicted octanol–water partition coefficient (Wildman–Crippen LogP) is 0.717. The Morgan fingerprint density at radius 2 is 1.96 bits per heavy atom. The van der Waals surface area contributed by atoms with E-state index in [1.165, 1.54) is 6.20 Å². The molecular formula is C15H22N4O4S. The van der Waals surface area contributed by atoms with Gasteiger partial charge in [0.2, 0.25) is 0 Å². The lowest BCUT2D eigenvalue weighted by Crippen LogP contribution is -2.20. The van der Waals surface area contributed by atoms with Crippen molar-refractivity contribution < 1.29 is 17.9 Å². The van der Waals surface area contributed by atoms with Gasteiger partial charge in [-0.2, -0.15) is 0 Å². The predicted molar refractivity (Wildman–Crippen MR) is 89.3 cm³/mol. The van der Waals surface area contributed by atoms with Crippen molar-refractivity contribution in [2.75, 3.05) is 21.3 Å². The first-order chi connectivity index (χ1) is 11.2. The van der Waals surface area contributed by atoms with E-state index in [4.69, 9.17) is 14.6 Å². The van der Waals surface area contributed by atoms with Gasteiger partial charge in [-0.1, -0.05) is 6.07 Å². The molecule has 2 rings (SSSR count). The summed E-state index contributed by atoms with van der Waals surface area (Å²) in [5, 5.41) is 4.98. The Kier molecular flexibility index (Phi) is 5.47. The molecule has 0 spiro atoms. The van der Waals surface area contributed by atoms with Crippen molar-refractivity contribution >= 4 is 10.0 Å². The molecule has 0 unspecified atom stereocenters. The number of aryl methyl sites for hydroxylation is 1. The molecule has 0 aliphatic heterocycles. The summed E-state index contributed by atoms with van der Waals surface area (Å²) >= 11 is 0. The van der Waals surface area contributed by atoms with Crippen LogP contribution in [0, 0.1) is 0 Å². The summed E-state index contributed by atoms with van der Waals surface area (Å²) in [6.45, 7) is 1.06. The molecule has 2 N–H and O–H groups in total. The second-order valence-corrected chi connectivity index (χ2v) is 7.01. The molecule has 9 heteroatoms. The van der Waals surface area contributed by atoms with E-state index in [0.717, 1.165) is 17.1 Å². The van der Waals surface area contributed by atoms with Crippen LogP contribution < -0.4 is 14.6 Å². The molecule has 1 aromatic carbocycles. The normalized spacial score (nSPS) is 11.8. The summed E-state index contributed by atoms with van der Waals surface area (Å²) in [5.41, 5.74) is 0.988. The number of hydrogen-bond donors (Lipinski definition) is 1. The summed E-state index contributed by atoms with van der Waals surface area (Å²) in [4.78, 5) is 6.09. The highest BCUT2D eigenvalue weighted by Gasteiger charge is 2.16. The Hall–Kier alpha value is -2.10. The molecule has 132 valence electrons. The monoisotopic (exact) mass is 354 g/mol. The van der Waals surface area contributed by atoms with E-state index in [-0.39, 0.29) is 5.03 Å². The highest BCUT2D eigenvalue weighted by molar-refractivity contribution is 7.89. The second-order valence-electron chi connectivity index (χ2n) is 5.50. The minimum Gasteiger partial charge on any atom is -0.497 e. The van der Waals surface area contributed by atoms with Gasteiger partial charge in [-0.05, 0) is 13.1 Å². The Labute approximate surface area is 141 Å². The van der Waals surface area contributed by atoms with E-state index < -0.39 is 10.0 Å².